The van der Waals surface area contributed by atoms with Crippen LogP contribution in [0.15, 0.2) is 34.5 Å². The Morgan fingerprint density at radius 2 is 2.07 bits per heavy atom. The molecule has 2 atom stereocenters. The molecule has 162 valence electrons. The summed E-state index contributed by atoms with van der Waals surface area (Å²) in [5.41, 5.74) is 2.60. The van der Waals surface area contributed by atoms with Gasteiger partial charge in [-0.1, -0.05) is 13.0 Å². The first-order valence-corrected chi connectivity index (χ1v) is 11.6. The number of thioether (sulfide) groups is 1. The van der Waals surface area contributed by atoms with Crippen LogP contribution in [0.4, 0.5) is 0 Å². The highest BCUT2D eigenvalue weighted by molar-refractivity contribution is 7.99. The van der Waals surface area contributed by atoms with E-state index in [1.165, 1.54) is 0 Å². The first-order chi connectivity index (χ1) is 14.5. The van der Waals surface area contributed by atoms with Gasteiger partial charge in [0, 0.05) is 29.5 Å². The van der Waals surface area contributed by atoms with Gasteiger partial charge in [-0.05, 0) is 50.1 Å². The molecule has 0 spiro atoms. The maximum absolute atomic E-state index is 13.1. The van der Waals surface area contributed by atoms with E-state index in [0.29, 0.717) is 36.7 Å². The second-order valence-electron chi connectivity index (χ2n) is 7.37. The van der Waals surface area contributed by atoms with Gasteiger partial charge in [-0.3, -0.25) is 9.79 Å². The lowest BCUT2D eigenvalue weighted by Gasteiger charge is -2.35. The van der Waals surface area contributed by atoms with Crippen LogP contribution in [0.5, 0.6) is 11.5 Å². The molecular formula is C23H29NO5S. The Balaban J connectivity index is 2.02. The molecule has 0 amide bonds. The van der Waals surface area contributed by atoms with E-state index >= 15 is 0 Å². The third-order valence-electron chi connectivity index (χ3n) is 5.44. The lowest BCUT2D eigenvalue weighted by molar-refractivity contribution is -0.139. The predicted octanol–water partition coefficient (Wildman–Crippen LogP) is 4.27. The molecule has 6 nitrogen and oxygen atoms in total. The number of esters is 1. The number of carbonyl (C=O) groups excluding carboxylic acids is 2. The Bertz CT molecular complexity index is 876. The van der Waals surface area contributed by atoms with Crippen LogP contribution in [0.2, 0.25) is 0 Å². The maximum atomic E-state index is 13.1. The SMILES string of the molecule is CCOc1cc([C@H]2C(C(=O)OCCSCC)=C(C)N=C3CCCC(=O)C32)ccc1O. The number of fused-ring (bicyclic) bond motifs is 1. The molecule has 1 aliphatic carbocycles. The van der Waals surface area contributed by atoms with E-state index in [1.807, 2.05) is 6.92 Å². The number of hydrogen-bond acceptors (Lipinski definition) is 7. The maximum Gasteiger partial charge on any atom is 0.336 e. The molecule has 0 bridgehead atoms. The molecule has 1 aromatic carbocycles. The van der Waals surface area contributed by atoms with Crippen LogP contribution in [-0.4, -0.2) is 47.3 Å². The summed E-state index contributed by atoms with van der Waals surface area (Å²) in [7, 11) is 0. The van der Waals surface area contributed by atoms with Crippen molar-refractivity contribution in [2.45, 2.75) is 46.0 Å². The molecule has 1 unspecified atom stereocenters. The molecule has 0 saturated heterocycles. The van der Waals surface area contributed by atoms with Gasteiger partial charge in [-0.2, -0.15) is 11.8 Å². The van der Waals surface area contributed by atoms with E-state index in [-0.39, 0.29) is 11.5 Å². The van der Waals surface area contributed by atoms with Gasteiger partial charge >= 0.3 is 5.97 Å². The van der Waals surface area contributed by atoms with Gasteiger partial charge in [0.2, 0.25) is 0 Å². The minimum absolute atomic E-state index is 0.0293. The Morgan fingerprint density at radius 1 is 1.27 bits per heavy atom. The number of carbonyl (C=O) groups is 2. The molecule has 0 radical (unpaired) electrons. The summed E-state index contributed by atoms with van der Waals surface area (Å²) in [6.45, 7) is 6.41. The summed E-state index contributed by atoms with van der Waals surface area (Å²) in [4.78, 5) is 30.6. The lowest BCUT2D eigenvalue weighted by atomic mass is 9.69. The fourth-order valence-electron chi connectivity index (χ4n) is 4.16. The van der Waals surface area contributed by atoms with Crippen LogP contribution < -0.4 is 4.74 Å². The van der Waals surface area contributed by atoms with Gasteiger partial charge < -0.3 is 14.6 Å². The van der Waals surface area contributed by atoms with Crippen molar-refractivity contribution in [2.24, 2.45) is 10.9 Å². The monoisotopic (exact) mass is 431 g/mol. The molecule has 1 N–H and O–H groups in total. The number of phenols is 1. The highest BCUT2D eigenvalue weighted by atomic mass is 32.2. The van der Waals surface area contributed by atoms with Crippen molar-refractivity contribution in [1.29, 1.82) is 0 Å². The van der Waals surface area contributed by atoms with Crippen molar-refractivity contribution in [3.8, 4) is 11.5 Å². The van der Waals surface area contributed by atoms with Gasteiger partial charge in [0.25, 0.3) is 0 Å². The number of hydrogen-bond donors (Lipinski definition) is 1. The zero-order chi connectivity index (χ0) is 21.7. The van der Waals surface area contributed by atoms with E-state index in [4.69, 9.17) is 9.47 Å². The van der Waals surface area contributed by atoms with Crippen molar-refractivity contribution in [3.05, 3.63) is 35.0 Å². The van der Waals surface area contributed by atoms with E-state index in [1.54, 1.807) is 36.9 Å². The van der Waals surface area contributed by atoms with Crippen LogP contribution >= 0.6 is 11.8 Å². The smallest absolute Gasteiger partial charge is 0.336 e. The van der Waals surface area contributed by atoms with Crippen LogP contribution in [-0.2, 0) is 14.3 Å². The Morgan fingerprint density at radius 3 is 2.80 bits per heavy atom. The number of nitrogens with zero attached hydrogens (tertiary/aromatic N) is 1. The van der Waals surface area contributed by atoms with Gasteiger partial charge in [0.1, 0.15) is 12.4 Å². The highest BCUT2D eigenvalue weighted by Gasteiger charge is 2.44. The van der Waals surface area contributed by atoms with Crippen molar-refractivity contribution in [3.63, 3.8) is 0 Å². The summed E-state index contributed by atoms with van der Waals surface area (Å²) in [5, 5.41) is 10.1. The number of ketones is 1. The summed E-state index contributed by atoms with van der Waals surface area (Å²) in [6, 6.07) is 5.03. The molecule has 30 heavy (non-hydrogen) atoms. The van der Waals surface area contributed by atoms with Crippen LogP contribution in [0.25, 0.3) is 0 Å². The zero-order valence-corrected chi connectivity index (χ0v) is 18.6. The standard InChI is InChI=1S/C23H29NO5S/c1-4-28-19-13-15(9-10-17(19)25)21-20(23(27)29-11-12-30-5-2)14(3)24-16-7-6-8-18(26)22(16)21/h9-10,13,21-22,25H,4-8,11-12H2,1-3H3/t21-,22?/m0/s1. The molecule has 0 aromatic heterocycles. The fraction of sp³-hybridized carbons (Fsp3) is 0.522. The number of aliphatic imine (C=N–C) groups is 1. The molecule has 2 aliphatic rings. The van der Waals surface area contributed by atoms with Gasteiger partial charge in [-0.25, -0.2) is 4.79 Å². The third-order valence-corrected chi connectivity index (χ3v) is 6.30. The van der Waals surface area contributed by atoms with Crippen LogP contribution in [0.1, 0.15) is 51.5 Å². The molecule has 1 saturated carbocycles. The van der Waals surface area contributed by atoms with Crippen LogP contribution in [0, 0.1) is 5.92 Å². The highest BCUT2D eigenvalue weighted by Crippen LogP contribution is 2.44. The average Bonchev–Trinajstić information content (AvgIpc) is 2.72. The number of allylic oxidation sites excluding steroid dienone is 1. The second kappa shape index (κ2) is 10.2. The van der Waals surface area contributed by atoms with Gasteiger partial charge in [0.15, 0.2) is 11.5 Å². The average molecular weight is 432 g/mol. The van der Waals surface area contributed by atoms with Crippen molar-refractivity contribution >= 4 is 29.2 Å². The molecule has 3 rings (SSSR count). The Labute approximate surface area is 181 Å². The Hall–Kier alpha value is -2.28. The normalized spacial score (nSPS) is 21.2. The van der Waals surface area contributed by atoms with Crippen molar-refractivity contribution in [2.75, 3.05) is 24.7 Å². The Kier molecular flexibility index (Phi) is 7.58. The first-order valence-electron chi connectivity index (χ1n) is 10.5. The zero-order valence-electron chi connectivity index (χ0n) is 17.8. The van der Waals surface area contributed by atoms with Crippen molar-refractivity contribution < 1.29 is 24.2 Å². The summed E-state index contributed by atoms with van der Waals surface area (Å²) in [6.07, 6.45) is 2.00. The largest absolute Gasteiger partial charge is 0.504 e. The minimum atomic E-state index is -0.489. The quantitative estimate of drug-likeness (QED) is 0.489. The van der Waals surface area contributed by atoms with E-state index in [9.17, 15) is 14.7 Å². The summed E-state index contributed by atoms with van der Waals surface area (Å²) in [5.74, 6) is 0.750. The molecule has 1 heterocycles. The fourth-order valence-corrected chi connectivity index (χ4v) is 4.65. The van der Waals surface area contributed by atoms with Crippen molar-refractivity contribution in [1.82, 2.24) is 0 Å². The van der Waals surface area contributed by atoms with Crippen LogP contribution in [0.3, 0.4) is 0 Å². The first kappa shape index (κ1) is 22.4. The second-order valence-corrected chi connectivity index (χ2v) is 8.76. The number of benzene rings is 1. The number of Topliss-reactive ketones (excluding diaryl/α,β-unsaturated/α-hetero) is 1. The van der Waals surface area contributed by atoms with E-state index < -0.39 is 17.8 Å². The number of phenolic OH excluding ortho intramolecular Hbond substituents is 1. The number of aromatic hydroxyl groups is 1. The topological polar surface area (TPSA) is 85.2 Å². The van der Waals surface area contributed by atoms with Gasteiger partial charge in [-0.15, -0.1) is 0 Å². The third kappa shape index (κ3) is 4.72. The summed E-state index contributed by atoms with van der Waals surface area (Å²) < 4.78 is 11.1. The number of rotatable bonds is 8. The van der Waals surface area contributed by atoms with E-state index in [2.05, 4.69) is 11.9 Å². The molecule has 7 heteroatoms. The molecular weight excluding hydrogens is 402 g/mol. The molecule has 1 aliphatic heterocycles. The molecule has 1 fully saturated rings. The summed E-state index contributed by atoms with van der Waals surface area (Å²) >= 11 is 1.70. The van der Waals surface area contributed by atoms with E-state index in [0.717, 1.165) is 35.6 Å². The van der Waals surface area contributed by atoms with Gasteiger partial charge in [0.05, 0.1) is 18.1 Å². The molecule has 1 aromatic rings. The number of ether oxygens (including phenoxy) is 2. The lowest BCUT2D eigenvalue weighted by Crippen LogP contribution is -2.39. The minimum Gasteiger partial charge on any atom is -0.504 e. The predicted molar refractivity (Wildman–Crippen MR) is 118 cm³/mol.